The van der Waals surface area contributed by atoms with Crippen LogP contribution in [0.4, 0.5) is 0 Å². The third kappa shape index (κ3) is 6.29. The highest BCUT2D eigenvalue weighted by Crippen LogP contribution is 2.10. The second-order valence-corrected chi connectivity index (χ2v) is 5.58. The first-order valence-electron chi connectivity index (χ1n) is 7.50. The van der Waals surface area contributed by atoms with Crippen LogP contribution in [0, 0.1) is 0 Å². The summed E-state index contributed by atoms with van der Waals surface area (Å²) in [6, 6.07) is 17.8. The fourth-order valence-corrected chi connectivity index (χ4v) is 2.35. The summed E-state index contributed by atoms with van der Waals surface area (Å²) >= 11 is 5.91. The highest BCUT2D eigenvalue weighted by Gasteiger charge is 2.01. The van der Waals surface area contributed by atoms with Crippen LogP contribution in [-0.4, -0.2) is 19.0 Å². The zero-order valence-electron chi connectivity index (χ0n) is 12.5. The van der Waals surface area contributed by atoms with Crippen molar-refractivity contribution in [2.45, 2.75) is 19.4 Å². The standard InChI is InChI=1S/C18H21ClN2O/c19-17-8-4-7-16(13-17)14-21-18(22)10-12-20-11-9-15-5-2-1-3-6-15/h1-8,13,20H,9-12,14H2,(H,21,22). The Bertz CT molecular complexity index is 587. The van der Waals surface area contributed by atoms with Gasteiger partial charge in [0.1, 0.15) is 0 Å². The molecule has 0 saturated carbocycles. The van der Waals surface area contributed by atoms with Crippen LogP contribution in [0.1, 0.15) is 17.5 Å². The Morgan fingerprint density at radius 3 is 2.50 bits per heavy atom. The van der Waals surface area contributed by atoms with E-state index < -0.39 is 0 Å². The Hall–Kier alpha value is -1.84. The molecule has 0 aliphatic rings. The maximum absolute atomic E-state index is 11.8. The molecule has 22 heavy (non-hydrogen) atoms. The predicted molar refractivity (Wildman–Crippen MR) is 90.9 cm³/mol. The topological polar surface area (TPSA) is 41.1 Å². The van der Waals surface area contributed by atoms with E-state index in [1.54, 1.807) is 0 Å². The van der Waals surface area contributed by atoms with Crippen LogP contribution in [0.25, 0.3) is 0 Å². The molecule has 2 aromatic rings. The summed E-state index contributed by atoms with van der Waals surface area (Å²) in [7, 11) is 0. The lowest BCUT2D eigenvalue weighted by atomic mass is 10.1. The molecule has 0 atom stereocenters. The third-order valence-corrected chi connectivity index (χ3v) is 3.58. The monoisotopic (exact) mass is 316 g/mol. The van der Waals surface area contributed by atoms with Gasteiger partial charge in [-0.05, 0) is 36.2 Å². The molecule has 3 nitrogen and oxygen atoms in total. The third-order valence-electron chi connectivity index (χ3n) is 3.34. The van der Waals surface area contributed by atoms with Gasteiger partial charge in [-0.25, -0.2) is 0 Å². The summed E-state index contributed by atoms with van der Waals surface area (Å²) in [6.45, 7) is 2.09. The van der Waals surface area contributed by atoms with Crippen LogP contribution in [0.3, 0.4) is 0 Å². The predicted octanol–water partition coefficient (Wildman–Crippen LogP) is 3.18. The Balaban J connectivity index is 1.56. The highest BCUT2D eigenvalue weighted by atomic mass is 35.5. The molecule has 0 saturated heterocycles. The van der Waals surface area contributed by atoms with E-state index in [2.05, 4.69) is 22.8 Å². The molecule has 0 aromatic heterocycles. The van der Waals surface area contributed by atoms with Crippen molar-refractivity contribution in [2.24, 2.45) is 0 Å². The van der Waals surface area contributed by atoms with E-state index >= 15 is 0 Å². The Labute approximate surface area is 136 Å². The van der Waals surface area contributed by atoms with Gasteiger partial charge in [0.05, 0.1) is 0 Å². The number of carbonyl (C=O) groups is 1. The van der Waals surface area contributed by atoms with Gasteiger partial charge in [0, 0.05) is 24.5 Å². The molecule has 4 heteroatoms. The van der Waals surface area contributed by atoms with Crippen molar-refractivity contribution in [3.05, 3.63) is 70.7 Å². The van der Waals surface area contributed by atoms with Crippen molar-refractivity contribution in [3.63, 3.8) is 0 Å². The van der Waals surface area contributed by atoms with Gasteiger partial charge in [0.2, 0.25) is 5.91 Å². The molecule has 0 aliphatic carbocycles. The van der Waals surface area contributed by atoms with Crippen LogP contribution in [-0.2, 0) is 17.8 Å². The van der Waals surface area contributed by atoms with Gasteiger partial charge in [-0.2, -0.15) is 0 Å². The highest BCUT2D eigenvalue weighted by molar-refractivity contribution is 6.30. The Morgan fingerprint density at radius 1 is 0.955 bits per heavy atom. The first-order chi connectivity index (χ1) is 10.7. The van der Waals surface area contributed by atoms with E-state index in [-0.39, 0.29) is 5.91 Å². The second kappa shape index (κ2) is 9.23. The van der Waals surface area contributed by atoms with Crippen LogP contribution in [0.15, 0.2) is 54.6 Å². The number of amides is 1. The summed E-state index contributed by atoms with van der Waals surface area (Å²) in [5.74, 6) is 0.0483. The average molecular weight is 317 g/mol. The molecular formula is C18H21ClN2O. The number of hydrogen-bond donors (Lipinski definition) is 2. The van der Waals surface area contributed by atoms with Gasteiger partial charge in [0.25, 0.3) is 0 Å². The zero-order chi connectivity index (χ0) is 15.6. The minimum absolute atomic E-state index is 0.0483. The van der Waals surface area contributed by atoms with E-state index in [0.29, 0.717) is 24.5 Å². The number of hydrogen-bond acceptors (Lipinski definition) is 2. The molecule has 2 aromatic carbocycles. The van der Waals surface area contributed by atoms with Gasteiger partial charge >= 0.3 is 0 Å². The Morgan fingerprint density at radius 2 is 1.73 bits per heavy atom. The lowest BCUT2D eigenvalue weighted by Gasteiger charge is -2.07. The molecule has 0 bridgehead atoms. The van der Waals surface area contributed by atoms with E-state index in [1.807, 2.05) is 42.5 Å². The number of nitrogens with one attached hydrogen (secondary N) is 2. The molecule has 0 aliphatic heterocycles. The number of halogens is 1. The smallest absolute Gasteiger partial charge is 0.221 e. The number of rotatable bonds is 8. The van der Waals surface area contributed by atoms with Gasteiger partial charge in [-0.1, -0.05) is 54.1 Å². The molecule has 0 spiro atoms. The van der Waals surface area contributed by atoms with Gasteiger partial charge in [0.15, 0.2) is 0 Å². The molecule has 1 amide bonds. The fourth-order valence-electron chi connectivity index (χ4n) is 2.14. The van der Waals surface area contributed by atoms with E-state index in [1.165, 1.54) is 5.56 Å². The molecule has 0 heterocycles. The Kier molecular flexibility index (Phi) is 6.94. The minimum Gasteiger partial charge on any atom is -0.352 e. The van der Waals surface area contributed by atoms with E-state index in [0.717, 1.165) is 18.5 Å². The first-order valence-corrected chi connectivity index (χ1v) is 7.87. The van der Waals surface area contributed by atoms with Crippen molar-refractivity contribution in [1.82, 2.24) is 10.6 Å². The molecule has 0 unspecified atom stereocenters. The molecule has 116 valence electrons. The summed E-state index contributed by atoms with van der Waals surface area (Å²) in [5, 5.41) is 6.88. The fraction of sp³-hybridized carbons (Fsp3) is 0.278. The van der Waals surface area contributed by atoms with Crippen molar-refractivity contribution < 1.29 is 4.79 Å². The summed E-state index contributed by atoms with van der Waals surface area (Å²) in [5.41, 5.74) is 2.32. The minimum atomic E-state index is 0.0483. The summed E-state index contributed by atoms with van der Waals surface area (Å²) < 4.78 is 0. The van der Waals surface area contributed by atoms with Gasteiger partial charge in [-0.15, -0.1) is 0 Å². The summed E-state index contributed by atoms with van der Waals surface area (Å²) in [6.07, 6.45) is 1.46. The number of carbonyl (C=O) groups excluding carboxylic acids is 1. The van der Waals surface area contributed by atoms with Crippen LogP contribution in [0.5, 0.6) is 0 Å². The molecule has 0 radical (unpaired) electrons. The largest absolute Gasteiger partial charge is 0.352 e. The van der Waals surface area contributed by atoms with Crippen molar-refractivity contribution in [3.8, 4) is 0 Å². The van der Waals surface area contributed by atoms with Crippen LogP contribution >= 0.6 is 11.6 Å². The lowest BCUT2D eigenvalue weighted by Crippen LogP contribution is -2.28. The van der Waals surface area contributed by atoms with Crippen LogP contribution in [0.2, 0.25) is 5.02 Å². The van der Waals surface area contributed by atoms with Crippen LogP contribution < -0.4 is 10.6 Å². The molecular weight excluding hydrogens is 296 g/mol. The van der Waals surface area contributed by atoms with Gasteiger partial charge < -0.3 is 10.6 Å². The molecule has 0 fully saturated rings. The number of benzene rings is 2. The SMILES string of the molecule is O=C(CCNCCc1ccccc1)NCc1cccc(Cl)c1. The first kappa shape index (κ1) is 16.5. The van der Waals surface area contributed by atoms with Gasteiger partial charge in [-0.3, -0.25) is 4.79 Å². The lowest BCUT2D eigenvalue weighted by molar-refractivity contribution is -0.121. The quantitative estimate of drug-likeness (QED) is 0.734. The second-order valence-electron chi connectivity index (χ2n) is 5.14. The average Bonchev–Trinajstić information content (AvgIpc) is 2.54. The molecule has 2 N–H and O–H groups in total. The molecule has 2 rings (SSSR count). The maximum Gasteiger partial charge on any atom is 0.221 e. The summed E-state index contributed by atoms with van der Waals surface area (Å²) in [4.78, 5) is 11.8. The maximum atomic E-state index is 11.8. The van der Waals surface area contributed by atoms with Crippen molar-refractivity contribution in [2.75, 3.05) is 13.1 Å². The van der Waals surface area contributed by atoms with Crippen molar-refractivity contribution in [1.29, 1.82) is 0 Å². The normalized spacial score (nSPS) is 10.4. The van der Waals surface area contributed by atoms with E-state index in [4.69, 9.17) is 11.6 Å². The zero-order valence-corrected chi connectivity index (χ0v) is 13.3. The van der Waals surface area contributed by atoms with E-state index in [9.17, 15) is 4.79 Å². The van der Waals surface area contributed by atoms with Crippen molar-refractivity contribution >= 4 is 17.5 Å².